The molecule has 0 bridgehead atoms. The van der Waals surface area contributed by atoms with Crippen LogP contribution in [0.3, 0.4) is 0 Å². The average molecular weight is 183 g/mol. The van der Waals surface area contributed by atoms with Crippen LogP contribution in [-0.2, 0) is 4.74 Å². The fourth-order valence-electron chi connectivity index (χ4n) is 1.89. The van der Waals surface area contributed by atoms with E-state index < -0.39 is 0 Å². The highest BCUT2D eigenvalue weighted by molar-refractivity contribution is 5.55. The van der Waals surface area contributed by atoms with Crippen LogP contribution in [-0.4, -0.2) is 36.3 Å². The van der Waals surface area contributed by atoms with Crippen LogP contribution >= 0.6 is 0 Å². The topological polar surface area (TPSA) is 36.9 Å². The summed E-state index contributed by atoms with van der Waals surface area (Å²) >= 11 is 0. The van der Waals surface area contributed by atoms with Crippen LogP contribution in [0.1, 0.15) is 26.7 Å². The van der Waals surface area contributed by atoms with Gasteiger partial charge in [0, 0.05) is 0 Å². The lowest BCUT2D eigenvalue weighted by Gasteiger charge is -2.34. The van der Waals surface area contributed by atoms with E-state index in [9.17, 15) is 0 Å². The fraction of sp³-hybridized carbons (Fsp3) is 0.889. The smallest absolute Gasteiger partial charge is 0.118 e. The summed E-state index contributed by atoms with van der Waals surface area (Å²) in [7, 11) is 0. The third-order valence-electron chi connectivity index (χ3n) is 2.77. The summed E-state index contributed by atoms with van der Waals surface area (Å²) in [6.07, 6.45) is 4.79. The molecule has 3 unspecified atom stereocenters. The van der Waals surface area contributed by atoms with Gasteiger partial charge in [0.15, 0.2) is 0 Å². The van der Waals surface area contributed by atoms with Gasteiger partial charge in [-0.2, -0.15) is 5.01 Å². The van der Waals surface area contributed by atoms with Crippen LogP contribution in [0.2, 0.25) is 0 Å². The Hall–Kier alpha value is -0.610. The molecule has 0 aromatic rings. The number of hydrogen-bond donors (Lipinski definition) is 1. The molecule has 2 rings (SSSR count). The molecule has 4 nitrogen and oxygen atoms in total. The molecule has 1 saturated heterocycles. The van der Waals surface area contributed by atoms with Gasteiger partial charge < -0.3 is 10.2 Å². The minimum atomic E-state index is 0.252. The number of ether oxygens (including phenoxy) is 1. The van der Waals surface area contributed by atoms with Crippen LogP contribution in [0, 0.1) is 0 Å². The van der Waals surface area contributed by atoms with Crippen molar-refractivity contribution in [3.63, 3.8) is 0 Å². The molecule has 4 heteroatoms. The molecule has 1 fully saturated rings. The average Bonchev–Trinajstić information content (AvgIpc) is 2.53. The van der Waals surface area contributed by atoms with Gasteiger partial charge in [-0.1, -0.05) is 0 Å². The molecule has 0 amide bonds. The van der Waals surface area contributed by atoms with Gasteiger partial charge >= 0.3 is 0 Å². The summed E-state index contributed by atoms with van der Waals surface area (Å²) in [5, 5.41) is 2.17. The van der Waals surface area contributed by atoms with Crippen molar-refractivity contribution in [2.45, 2.75) is 45.0 Å². The van der Waals surface area contributed by atoms with E-state index in [2.05, 4.69) is 29.3 Å². The van der Waals surface area contributed by atoms with Crippen molar-refractivity contribution in [2.75, 3.05) is 6.61 Å². The molecule has 2 aliphatic rings. The van der Waals surface area contributed by atoms with Crippen LogP contribution in [0.5, 0.6) is 0 Å². The van der Waals surface area contributed by atoms with Crippen molar-refractivity contribution in [3.8, 4) is 0 Å². The Kier molecular flexibility index (Phi) is 2.51. The lowest BCUT2D eigenvalue weighted by atomic mass is 10.1. The number of nitrogens with zero attached hydrogens (tertiary/aromatic N) is 2. The lowest BCUT2D eigenvalue weighted by Crippen LogP contribution is -2.49. The van der Waals surface area contributed by atoms with Crippen molar-refractivity contribution in [1.82, 2.24) is 10.4 Å². The van der Waals surface area contributed by atoms with E-state index in [1.54, 1.807) is 6.34 Å². The lowest BCUT2D eigenvalue weighted by molar-refractivity contribution is -0.0416. The van der Waals surface area contributed by atoms with Gasteiger partial charge in [0.2, 0.25) is 0 Å². The SMILES string of the molecule is CC1CCC(N2NC=NC2C)CO1. The van der Waals surface area contributed by atoms with Crippen molar-refractivity contribution >= 4 is 6.34 Å². The van der Waals surface area contributed by atoms with Gasteiger partial charge in [-0.25, -0.2) is 0 Å². The second-order valence-corrected chi connectivity index (χ2v) is 3.82. The third-order valence-corrected chi connectivity index (χ3v) is 2.77. The summed E-state index contributed by atoms with van der Waals surface area (Å²) < 4.78 is 5.61. The summed E-state index contributed by atoms with van der Waals surface area (Å²) in [5.41, 5.74) is 3.15. The van der Waals surface area contributed by atoms with Gasteiger partial charge in [-0.05, 0) is 26.7 Å². The molecule has 0 aromatic heterocycles. The van der Waals surface area contributed by atoms with E-state index in [1.807, 2.05) is 0 Å². The first-order valence-electron chi connectivity index (χ1n) is 4.95. The predicted molar refractivity (Wildman–Crippen MR) is 51.4 cm³/mol. The molecule has 0 aliphatic carbocycles. The normalized spacial score (nSPS) is 40.6. The number of aliphatic imine (C=N–C) groups is 1. The Bertz CT molecular complexity index is 199. The maximum Gasteiger partial charge on any atom is 0.118 e. The zero-order chi connectivity index (χ0) is 9.26. The van der Waals surface area contributed by atoms with Crippen LogP contribution in [0.4, 0.5) is 0 Å². The molecule has 0 radical (unpaired) electrons. The summed E-state index contributed by atoms with van der Waals surface area (Å²) in [4.78, 5) is 4.25. The standard InChI is InChI=1S/C9H17N3O/c1-7-3-4-9(5-13-7)12-8(2)10-6-11-12/h6-9H,3-5H2,1-2H3,(H,10,11). The molecule has 2 aliphatic heterocycles. The number of rotatable bonds is 1. The molecule has 1 N–H and O–H groups in total. The van der Waals surface area contributed by atoms with Crippen LogP contribution in [0.15, 0.2) is 4.99 Å². The molecule has 0 spiro atoms. The van der Waals surface area contributed by atoms with E-state index in [-0.39, 0.29) is 6.17 Å². The second-order valence-electron chi connectivity index (χ2n) is 3.82. The van der Waals surface area contributed by atoms with Gasteiger partial charge in [0.25, 0.3) is 0 Å². The molecule has 3 atom stereocenters. The van der Waals surface area contributed by atoms with Gasteiger partial charge in [0.05, 0.1) is 25.1 Å². The van der Waals surface area contributed by atoms with Gasteiger partial charge in [-0.15, -0.1) is 0 Å². The molecule has 0 saturated carbocycles. The quantitative estimate of drug-likeness (QED) is 0.651. The Labute approximate surface area is 78.9 Å². The third kappa shape index (κ3) is 1.84. The van der Waals surface area contributed by atoms with Crippen molar-refractivity contribution in [3.05, 3.63) is 0 Å². The molecule has 0 aromatic carbocycles. The van der Waals surface area contributed by atoms with E-state index in [4.69, 9.17) is 4.74 Å². The fourth-order valence-corrected chi connectivity index (χ4v) is 1.89. The Morgan fingerprint density at radius 2 is 2.31 bits per heavy atom. The monoisotopic (exact) mass is 183 g/mol. The first kappa shape index (κ1) is 8.97. The molecule has 74 valence electrons. The van der Waals surface area contributed by atoms with Gasteiger partial charge in [-0.3, -0.25) is 4.99 Å². The Morgan fingerprint density at radius 3 is 2.85 bits per heavy atom. The Balaban J connectivity index is 1.88. The van der Waals surface area contributed by atoms with E-state index in [0.717, 1.165) is 13.0 Å². The van der Waals surface area contributed by atoms with Crippen LogP contribution in [0.25, 0.3) is 0 Å². The number of nitrogens with one attached hydrogen (secondary N) is 1. The predicted octanol–water partition coefficient (Wildman–Crippen LogP) is 0.748. The minimum absolute atomic E-state index is 0.252. The zero-order valence-electron chi connectivity index (χ0n) is 8.23. The minimum Gasteiger partial charge on any atom is -0.377 e. The summed E-state index contributed by atoms with van der Waals surface area (Å²) in [6, 6.07) is 0.480. The van der Waals surface area contributed by atoms with Gasteiger partial charge in [0.1, 0.15) is 6.17 Å². The first-order valence-corrected chi connectivity index (χ1v) is 4.95. The Morgan fingerprint density at radius 1 is 1.46 bits per heavy atom. The first-order chi connectivity index (χ1) is 6.27. The van der Waals surface area contributed by atoms with Crippen LogP contribution < -0.4 is 5.43 Å². The van der Waals surface area contributed by atoms with E-state index in [1.165, 1.54) is 6.42 Å². The molecule has 2 heterocycles. The van der Waals surface area contributed by atoms with E-state index in [0.29, 0.717) is 12.1 Å². The number of hydrogen-bond acceptors (Lipinski definition) is 4. The molecular formula is C9H17N3O. The second kappa shape index (κ2) is 3.64. The maximum atomic E-state index is 5.61. The largest absolute Gasteiger partial charge is 0.377 e. The number of hydrazine groups is 1. The summed E-state index contributed by atoms with van der Waals surface area (Å²) in [6.45, 7) is 5.05. The van der Waals surface area contributed by atoms with Crippen molar-refractivity contribution in [2.24, 2.45) is 4.99 Å². The molecular weight excluding hydrogens is 166 g/mol. The highest BCUT2D eigenvalue weighted by atomic mass is 16.5. The van der Waals surface area contributed by atoms with Crippen molar-refractivity contribution in [1.29, 1.82) is 0 Å². The van der Waals surface area contributed by atoms with E-state index >= 15 is 0 Å². The highest BCUT2D eigenvalue weighted by Crippen LogP contribution is 2.19. The molecule has 13 heavy (non-hydrogen) atoms. The van der Waals surface area contributed by atoms with Crippen molar-refractivity contribution < 1.29 is 4.74 Å². The zero-order valence-corrected chi connectivity index (χ0v) is 8.23. The summed E-state index contributed by atoms with van der Waals surface area (Å²) in [5.74, 6) is 0. The highest BCUT2D eigenvalue weighted by Gasteiger charge is 2.29. The maximum absolute atomic E-state index is 5.61.